The van der Waals surface area contributed by atoms with Crippen LogP contribution in [0.2, 0.25) is 0 Å². The number of anilines is 2. The van der Waals surface area contributed by atoms with Crippen LogP contribution in [0.15, 0.2) is 36.8 Å². The smallest absolute Gasteiger partial charge is 0.316 e. The highest BCUT2D eigenvalue weighted by molar-refractivity contribution is 6.13. The number of carbonyl (C=O) groups excluding carboxylic acids is 1. The van der Waals surface area contributed by atoms with Crippen molar-refractivity contribution in [3.8, 4) is 18.4 Å². The van der Waals surface area contributed by atoms with Crippen LogP contribution >= 0.6 is 0 Å². The Morgan fingerprint density at radius 1 is 1.26 bits per heavy atom. The number of amides is 1. The lowest BCUT2D eigenvalue weighted by molar-refractivity contribution is 0.102. The van der Waals surface area contributed by atoms with Gasteiger partial charge in [-0.05, 0) is 31.9 Å². The maximum atomic E-state index is 14.6. The molecule has 0 bridgehead atoms. The molecule has 1 aromatic carbocycles. The van der Waals surface area contributed by atoms with Crippen LogP contribution in [0.1, 0.15) is 29.9 Å². The highest BCUT2D eigenvalue weighted by Gasteiger charge is 2.25. The van der Waals surface area contributed by atoms with Gasteiger partial charge in [0.2, 0.25) is 0 Å². The Morgan fingerprint density at radius 2 is 2.03 bits per heavy atom. The topological polar surface area (TPSA) is 96.7 Å². The van der Waals surface area contributed by atoms with Gasteiger partial charge in [-0.15, -0.1) is 6.42 Å². The van der Waals surface area contributed by atoms with Crippen molar-refractivity contribution in [2.75, 3.05) is 30.4 Å². The molecular formula is C25H24FN7O2. The van der Waals surface area contributed by atoms with Gasteiger partial charge in [0.25, 0.3) is 5.91 Å². The van der Waals surface area contributed by atoms with E-state index in [1.807, 2.05) is 6.07 Å². The average molecular weight is 474 g/mol. The molecule has 1 fully saturated rings. The number of terminal acetylenes is 1. The van der Waals surface area contributed by atoms with E-state index in [4.69, 9.17) is 11.2 Å². The summed E-state index contributed by atoms with van der Waals surface area (Å²) in [5, 5.41) is 7.01. The first-order chi connectivity index (χ1) is 16.9. The first kappa shape index (κ1) is 22.6. The van der Waals surface area contributed by atoms with Crippen LogP contribution in [0, 0.1) is 18.2 Å². The van der Waals surface area contributed by atoms with Crippen molar-refractivity contribution in [2.45, 2.75) is 25.9 Å². The molecule has 5 rings (SSSR count). The zero-order chi connectivity index (χ0) is 24.7. The van der Waals surface area contributed by atoms with E-state index in [0.29, 0.717) is 28.9 Å². The van der Waals surface area contributed by atoms with Crippen LogP contribution < -0.4 is 20.3 Å². The fourth-order valence-electron chi connectivity index (χ4n) is 4.56. The van der Waals surface area contributed by atoms with Crippen molar-refractivity contribution in [3.63, 3.8) is 0 Å². The minimum absolute atomic E-state index is 0.0858. The second-order valence-corrected chi connectivity index (χ2v) is 8.66. The summed E-state index contributed by atoms with van der Waals surface area (Å²) in [5.74, 6) is 1.33. The number of nitrogens with one attached hydrogen (secondary N) is 2. The molecular weight excluding hydrogens is 449 g/mol. The van der Waals surface area contributed by atoms with Gasteiger partial charge in [0.05, 0.1) is 23.9 Å². The van der Waals surface area contributed by atoms with Crippen molar-refractivity contribution in [1.29, 1.82) is 0 Å². The van der Waals surface area contributed by atoms with E-state index < -0.39 is 11.7 Å². The Balaban J connectivity index is 1.54. The van der Waals surface area contributed by atoms with Crippen LogP contribution in [0.4, 0.5) is 15.8 Å². The molecule has 35 heavy (non-hydrogen) atoms. The highest BCUT2D eigenvalue weighted by atomic mass is 19.1. The lowest BCUT2D eigenvalue weighted by Gasteiger charge is -2.38. The number of hydrogen-bond acceptors (Lipinski definition) is 7. The zero-order valence-electron chi connectivity index (χ0n) is 19.5. The molecule has 0 radical (unpaired) electrons. The summed E-state index contributed by atoms with van der Waals surface area (Å²) in [5.41, 5.74) is 2.34. The molecule has 1 amide bonds. The zero-order valence-corrected chi connectivity index (χ0v) is 19.5. The van der Waals surface area contributed by atoms with Gasteiger partial charge < -0.3 is 24.7 Å². The fraction of sp³-hybridized carbons (Fsp3) is 0.280. The van der Waals surface area contributed by atoms with E-state index >= 15 is 0 Å². The van der Waals surface area contributed by atoms with Crippen LogP contribution in [-0.4, -0.2) is 57.5 Å². The summed E-state index contributed by atoms with van der Waals surface area (Å²) in [6.07, 6.45) is 10.1. The third-order valence-electron chi connectivity index (χ3n) is 5.94. The largest absolute Gasteiger partial charge is 0.467 e. The SMILES string of the molecule is C#Cc1cn2cc(NC(=O)c3ccc(N4C[C@H](C)N[C@@H](C)C4)c4cnc(OC)nc34)cc(F)c2n1. The number of benzene rings is 1. The molecule has 0 spiro atoms. The van der Waals surface area contributed by atoms with Crippen molar-refractivity contribution in [3.05, 3.63) is 53.9 Å². The Hall–Kier alpha value is -4.23. The second-order valence-electron chi connectivity index (χ2n) is 8.66. The third kappa shape index (κ3) is 4.22. The number of fused-ring (bicyclic) bond motifs is 2. The Bertz CT molecular complexity index is 1480. The summed E-state index contributed by atoms with van der Waals surface area (Å²) in [7, 11) is 1.47. The molecule has 4 aromatic rings. The number of methoxy groups -OCH3 is 1. The molecule has 4 heterocycles. The lowest BCUT2D eigenvalue weighted by atomic mass is 10.0. The van der Waals surface area contributed by atoms with Gasteiger partial charge in [0.1, 0.15) is 5.69 Å². The number of aromatic nitrogens is 4. The Kier molecular flexibility index (Phi) is 5.70. The van der Waals surface area contributed by atoms with Crippen molar-refractivity contribution in [2.24, 2.45) is 0 Å². The minimum Gasteiger partial charge on any atom is -0.467 e. The summed E-state index contributed by atoms with van der Waals surface area (Å²) in [6.45, 7) is 5.88. The molecule has 0 saturated carbocycles. The van der Waals surface area contributed by atoms with E-state index in [-0.39, 0.29) is 17.3 Å². The molecule has 178 valence electrons. The number of hydrogen-bond donors (Lipinski definition) is 2. The molecule has 9 nitrogen and oxygen atoms in total. The van der Waals surface area contributed by atoms with Gasteiger partial charge in [-0.3, -0.25) is 4.79 Å². The monoisotopic (exact) mass is 473 g/mol. The van der Waals surface area contributed by atoms with E-state index in [2.05, 4.69) is 50.3 Å². The summed E-state index contributed by atoms with van der Waals surface area (Å²) in [6, 6.07) is 5.59. The molecule has 1 aliphatic heterocycles. The van der Waals surface area contributed by atoms with Crippen LogP contribution in [0.25, 0.3) is 16.6 Å². The number of halogens is 1. The highest BCUT2D eigenvalue weighted by Crippen LogP contribution is 2.31. The van der Waals surface area contributed by atoms with Crippen LogP contribution in [0.3, 0.4) is 0 Å². The van der Waals surface area contributed by atoms with Gasteiger partial charge in [0.15, 0.2) is 11.5 Å². The van der Waals surface area contributed by atoms with E-state index in [0.717, 1.165) is 24.2 Å². The third-order valence-corrected chi connectivity index (χ3v) is 5.94. The van der Waals surface area contributed by atoms with Crippen LogP contribution in [0.5, 0.6) is 6.01 Å². The predicted molar refractivity (Wildman–Crippen MR) is 131 cm³/mol. The average Bonchev–Trinajstić information content (AvgIpc) is 3.26. The molecule has 1 aliphatic rings. The van der Waals surface area contributed by atoms with Gasteiger partial charge in [-0.25, -0.2) is 14.4 Å². The fourth-order valence-corrected chi connectivity index (χ4v) is 4.56. The van der Waals surface area contributed by atoms with E-state index in [1.54, 1.807) is 18.5 Å². The Morgan fingerprint density at radius 3 is 2.74 bits per heavy atom. The number of ether oxygens (including phenoxy) is 1. The standard InChI is InChI=1S/C25H24FN7O2/c1-5-16-12-33-13-17(8-20(26)23(33)29-16)30-24(34)18-6-7-21(32-10-14(2)28-15(3)11-32)19-9-27-25(35-4)31-22(18)19/h1,6-9,12-15,28H,10-11H2,2-4H3,(H,30,34)/t14-,15-/m0/s1. The van der Waals surface area contributed by atoms with Gasteiger partial charge in [-0.1, -0.05) is 0 Å². The molecule has 0 aliphatic carbocycles. The lowest BCUT2D eigenvalue weighted by Crippen LogP contribution is -2.54. The van der Waals surface area contributed by atoms with Gasteiger partial charge >= 0.3 is 6.01 Å². The first-order valence-electron chi connectivity index (χ1n) is 11.2. The van der Waals surface area contributed by atoms with E-state index in [1.165, 1.54) is 23.8 Å². The number of pyridine rings is 1. The number of carbonyl (C=O) groups is 1. The molecule has 10 heteroatoms. The predicted octanol–water partition coefficient (Wildman–Crippen LogP) is 2.85. The molecule has 1 saturated heterocycles. The quantitative estimate of drug-likeness (QED) is 0.440. The van der Waals surface area contributed by atoms with Gasteiger partial charge in [-0.2, -0.15) is 4.98 Å². The number of imidazole rings is 1. The number of rotatable bonds is 4. The summed E-state index contributed by atoms with van der Waals surface area (Å²) >= 11 is 0. The van der Waals surface area contributed by atoms with E-state index in [9.17, 15) is 9.18 Å². The normalized spacial score (nSPS) is 18.0. The van der Waals surface area contributed by atoms with Crippen LogP contribution in [-0.2, 0) is 0 Å². The van der Waals surface area contributed by atoms with Gasteiger partial charge in [0, 0.05) is 60.9 Å². The summed E-state index contributed by atoms with van der Waals surface area (Å²) < 4.78 is 21.2. The molecule has 0 unspecified atom stereocenters. The molecule has 2 N–H and O–H groups in total. The van der Waals surface area contributed by atoms with Crippen molar-refractivity contribution >= 4 is 33.8 Å². The number of piperazine rings is 1. The maximum absolute atomic E-state index is 14.6. The number of nitrogens with zero attached hydrogens (tertiary/aromatic N) is 5. The maximum Gasteiger partial charge on any atom is 0.316 e. The molecule has 2 atom stereocenters. The summed E-state index contributed by atoms with van der Waals surface area (Å²) in [4.78, 5) is 28.4. The van der Waals surface area contributed by atoms with Crippen molar-refractivity contribution in [1.82, 2.24) is 24.7 Å². The van der Waals surface area contributed by atoms with Crippen molar-refractivity contribution < 1.29 is 13.9 Å². The Labute approximate surface area is 201 Å². The first-order valence-corrected chi connectivity index (χ1v) is 11.2. The molecule has 3 aromatic heterocycles. The second kappa shape index (κ2) is 8.85. The minimum atomic E-state index is -0.601.